The largest absolute Gasteiger partial charge is 0.416 e. The number of carbonyl (C=O) groups excluding carboxylic acids is 1. The number of amides is 1. The third-order valence-corrected chi connectivity index (χ3v) is 6.92. The van der Waals surface area contributed by atoms with E-state index < -0.39 is 28.9 Å². The lowest BCUT2D eigenvalue weighted by atomic mass is 10.0. The van der Waals surface area contributed by atoms with E-state index in [2.05, 4.69) is 4.98 Å². The van der Waals surface area contributed by atoms with E-state index in [4.69, 9.17) is 0 Å². The van der Waals surface area contributed by atoms with Crippen LogP contribution in [0.15, 0.2) is 95.8 Å². The van der Waals surface area contributed by atoms with E-state index in [9.17, 15) is 31.5 Å². The number of aromatic nitrogens is 2. The van der Waals surface area contributed by atoms with Gasteiger partial charge in [-0.3, -0.25) is 9.59 Å². The Morgan fingerprint density at radius 1 is 0.833 bits per heavy atom. The van der Waals surface area contributed by atoms with Crippen LogP contribution in [0.25, 0.3) is 22.0 Å². The number of benzene rings is 4. The van der Waals surface area contributed by atoms with E-state index in [1.54, 1.807) is 48.5 Å². The first-order chi connectivity index (χ1) is 20.0. The first-order valence-electron chi connectivity index (χ1n) is 13.0. The molecule has 1 aromatic heterocycles. The van der Waals surface area contributed by atoms with Crippen LogP contribution < -0.4 is 10.6 Å². The highest BCUT2D eigenvalue weighted by Crippen LogP contribution is 2.31. The molecule has 10 heteroatoms. The number of nitrogens with zero attached hydrogens (tertiary/aromatic N) is 3. The normalized spacial score (nSPS) is 11.6. The molecular formula is C32H24F5N3O2. The first kappa shape index (κ1) is 28.7. The van der Waals surface area contributed by atoms with Crippen molar-refractivity contribution in [1.29, 1.82) is 0 Å². The van der Waals surface area contributed by atoms with Gasteiger partial charge >= 0.3 is 6.18 Å². The molecule has 5 nitrogen and oxygen atoms in total. The van der Waals surface area contributed by atoms with Crippen molar-refractivity contribution < 1.29 is 26.7 Å². The maximum atomic E-state index is 14.4. The summed E-state index contributed by atoms with van der Waals surface area (Å²) in [6.45, 7) is 1.43. The molecular weight excluding hydrogens is 553 g/mol. The average Bonchev–Trinajstić information content (AvgIpc) is 2.97. The van der Waals surface area contributed by atoms with Gasteiger partial charge in [-0.15, -0.1) is 0 Å². The Balaban J connectivity index is 1.49. The third-order valence-electron chi connectivity index (χ3n) is 6.92. The second kappa shape index (κ2) is 11.6. The van der Waals surface area contributed by atoms with Crippen LogP contribution in [0.5, 0.6) is 0 Å². The Labute approximate surface area is 237 Å². The summed E-state index contributed by atoms with van der Waals surface area (Å²) in [5.74, 6) is -2.14. The lowest BCUT2D eigenvalue weighted by molar-refractivity contribution is -0.137. The minimum Gasteiger partial charge on any atom is -0.273 e. The molecule has 0 radical (unpaired) electrons. The Bertz CT molecular complexity index is 1810. The van der Waals surface area contributed by atoms with Crippen molar-refractivity contribution in [3.05, 3.63) is 135 Å². The molecule has 0 bridgehead atoms. The fourth-order valence-corrected chi connectivity index (χ4v) is 4.77. The third kappa shape index (κ3) is 5.93. The second-order valence-electron chi connectivity index (χ2n) is 9.72. The van der Waals surface area contributed by atoms with Crippen LogP contribution in [0.4, 0.5) is 22.0 Å². The van der Waals surface area contributed by atoms with Gasteiger partial charge in [0, 0.05) is 13.3 Å². The number of aryl methyl sites for hydroxylation is 2. The lowest BCUT2D eigenvalue weighted by Crippen LogP contribution is -2.42. The molecule has 0 N–H and O–H groups in total. The zero-order valence-corrected chi connectivity index (χ0v) is 22.3. The SMILES string of the molecule is CC(=O)N(Cc1ccc(-c2ccc(C(F)(F)F)cc2)cc1)n1c(CCc2cccc(F)c2F)nc(=O)c2ccccc21. The minimum atomic E-state index is -4.43. The number of alkyl halides is 3. The molecule has 0 saturated carbocycles. The van der Waals surface area contributed by atoms with E-state index in [0.29, 0.717) is 22.2 Å². The van der Waals surface area contributed by atoms with Gasteiger partial charge in [0.15, 0.2) is 11.6 Å². The molecule has 0 aliphatic rings. The van der Waals surface area contributed by atoms with Gasteiger partial charge in [0.2, 0.25) is 5.91 Å². The van der Waals surface area contributed by atoms with Crippen LogP contribution in [0.2, 0.25) is 0 Å². The van der Waals surface area contributed by atoms with E-state index in [1.807, 2.05) is 0 Å². The monoisotopic (exact) mass is 577 g/mol. The fourth-order valence-electron chi connectivity index (χ4n) is 4.77. The molecule has 0 unspecified atom stereocenters. The summed E-state index contributed by atoms with van der Waals surface area (Å²) in [4.78, 5) is 30.1. The van der Waals surface area contributed by atoms with E-state index in [1.165, 1.54) is 40.9 Å². The van der Waals surface area contributed by atoms with E-state index in [0.717, 1.165) is 18.2 Å². The summed E-state index contributed by atoms with van der Waals surface area (Å²) in [6.07, 6.45) is -4.36. The van der Waals surface area contributed by atoms with Crippen LogP contribution in [0.3, 0.4) is 0 Å². The minimum absolute atomic E-state index is 0.0297. The summed E-state index contributed by atoms with van der Waals surface area (Å²) < 4.78 is 68.5. The number of halogens is 5. The summed E-state index contributed by atoms with van der Waals surface area (Å²) in [6, 6.07) is 22.3. The summed E-state index contributed by atoms with van der Waals surface area (Å²) >= 11 is 0. The van der Waals surface area contributed by atoms with Crippen molar-refractivity contribution in [2.45, 2.75) is 32.5 Å². The van der Waals surface area contributed by atoms with Crippen molar-refractivity contribution in [3.8, 4) is 11.1 Å². The Kier molecular flexibility index (Phi) is 7.89. The molecule has 0 saturated heterocycles. The van der Waals surface area contributed by atoms with E-state index in [-0.39, 0.29) is 42.1 Å². The van der Waals surface area contributed by atoms with Crippen LogP contribution >= 0.6 is 0 Å². The van der Waals surface area contributed by atoms with Crippen LogP contribution in [0.1, 0.15) is 29.4 Å². The molecule has 5 rings (SSSR count). The highest BCUT2D eigenvalue weighted by atomic mass is 19.4. The standard InChI is InChI=1S/C32H24F5N3O2/c1-20(41)39(19-21-9-11-22(12-10-21)23-13-16-25(17-14-23)32(35,36)37)40-28-8-3-2-6-26(28)31(42)38-29(40)18-15-24-5-4-7-27(33)30(24)34/h2-14,16-17H,15,18-19H2,1H3. The number of hydrogen-bond acceptors (Lipinski definition) is 3. The average molecular weight is 578 g/mol. The maximum Gasteiger partial charge on any atom is 0.416 e. The van der Waals surface area contributed by atoms with Gasteiger partial charge in [0.05, 0.1) is 23.0 Å². The molecule has 0 aliphatic heterocycles. The van der Waals surface area contributed by atoms with Gasteiger partial charge in [-0.2, -0.15) is 18.2 Å². The maximum absolute atomic E-state index is 14.4. The van der Waals surface area contributed by atoms with Gasteiger partial charge in [-0.25, -0.2) is 18.5 Å². The number of hydrogen-bond donors (Lipinski definition) is 0. The van der Waals surface area contributed by atoms with Gasteiger partial charge in [-0.1, -0.05) is 60.7 Å². The molecule has 1 amide bonds. The fraction of sp³-hybridized carbons (Fsp3) is 0.156. The lowest BCUT2D eigenvalue weighted by Gasteiger charge is -2.28. The van der Waals surface area contributed by atoms with Gasteiger partial charge in [-0.05, 0) is 59.0 Å². The number of para-hydroxylation sites is 1. The number of fused-ring (bicyclic) bond motifs is 1. The van der Waals surface area contributed by atoms with Gasteiger partial charge in [0.25, 0.3) is 5.56 Å². The second-order valence-corrected chi connectivity index (χ2v) is 9.72. The molecule has 5 aromatic rings. The molecule has 214 valence electrons. The summed E-state index contributed by atoms with van der Waals surface area (Å²) in [5.41, 5.74) is 1.26. The Morgan fingerprint density at radius 2 is 1.48 bits per heavy atom. The summed E-state index contributed by atoms with van der Waals surface area (Å²) in [7, 11) is 0. The Hall–Kier alpha value is -4.86. The van der Waals surface area contributed by atoms with Crippen LogP contribution in [-0.4, -0.2) is 15.6 Å². The molecule has 4 aromatic carbocycles. The topological polar surface area (TPSA) is 55.2 Å². The number of carbonyl (C=O) groups is 1. The highest BCUT2D eigenvalue weighted by Gasteiger charge is 2.30. The Morgan fingerprint density at radius 3 is 2.12 bits per heavy atom. The smallest absolute Gasteiger partial charge is 0.273 e. The molecule has 0 aliphatic carbocycles. The van der Waals surface area contributed by atoms with Crippen molar-refractivity contribution in [2.75, 3.05) is 5.01 Å². The van der Waals surface area contributed by atoms with Crippen molar-refractivity contribution in [1.82, 2.24) is 9.66 Å². The quantitative estimate of drug-likeness (QED) is 0.199. The molecule has 0 fully saturated rings. The molecule has 42 heavy (non-hydrogen) atoms. The first-order valence-corrected chi connectivity index (χ1v) is 13.0. The van der Waals surface area contributed by atoms with Crippen molar-refractivity contribution in [2.24, 2.45) is 0 Å². The molecule has 0 spiro atoms. The van der Waals surface area contributed by atoms with Crippen molar-refractivity contribution in [3.63, 3.8) is 0 Å². The van der Waals surface area contributed by atoms with E-state index >= 15 is 0 Å². The zero-order chi connectivity index (χ0) is 30.0. The highest BCUT2D eigenvalue weighted by molar-refractivity contribution is 5.87. The molecule has 1 heterocycles. The zero-order valence-electron chi connectivity index (χ0n) is 22.3. The van der Waals surface area contributed by atoms with Gasteiger partial charge < -0.3 is 0 Å². The van der Waals surface area contributed by atoms with Gasteiger partial charge in [0.1, 0.15) is 5.82 Å². The predicted molar refractivity (Wildman–Crippen MR) is 149 cm³/mol. The van der Waals surface area contributed by atoms with Crippen LogP contribution in [-0.2, 0) is 30.4 Å². The molecule has 0 atom stereocenters. The predicted octanol–water partition coefficient (Wildman–Crippen LogP) is 6.83. The van der Waals surface area contributed by atoms with Crippen LogP contribution in [0, 0.1) is 11.6 Å². The summed E-state index contributed by atoms with van der Waals surface area (Å²) in [5, 5.41) is 1.68. The van der Waals surface area contributed by atoms with Crippen molar-refractivity contribution >= 4 is 16.8 Å². The number of rotatable bonds is 7.